The Morgan fingerprint density at radius 1 is 1.35 bits per heavy atom. The van der Waals surface area contributed by atoms with Crippen LogP contribution in [-0.4, -0.2) is 16.6 Å². The molecule has 0 saturated carbocycles. The molecule has 1 amide bonds. The van der Waals surface area contributed by atoms with Crippen LogP contribution in [0.2, 0.25) is 0 Å². The molecule has 0 spiro atoms. The molecular weight excluding hydrogens is 290 g/mol. The Hall–Kier alpha value is -1.53. The first-order chi connectivity index (χ1) is 9.45. The van der Waals surface area contributed by atoms with Crippen molar-refractivity contribution in [1.82, 2.24) is 4.98 Å². The van der Waals surface area contributed by atoms with E-state index in [2.05, 4.69) is 10.3 Å². The molecule has 2 aromatic rings. The molecule has 106 valence electrons. The van der Waals surface area contributed by atoms with Gasteiger partial charge in [0.05, 0.1) is 15.7 Å². The number of nitrogens with zero attached hydrogens (tertiary/aromatic N) is 1. The van der Waals surface area contributed by atoms with E-state index in [-0.39, 0.29) is 5.91 Å². The Kier molecular flexibility index (Phi) is 4.67. The molecule has 3 N–H and O–H groups in total. The van der Waals surface area contributed by atoms with E-state index in [1.54, 1.807) is 0 Å². The maximum absolute atomic E-state index is 11.9. The minimum atomic E-state index is -0.0235. The predicted molar refractivity (Wildman–Crippen MR) is 86.5 cm³/mol. The van der Waals surface area contributed by atoms with Crippen LogP contribution in [0.5, 0.6) is 0 Å². The number of anilines is 2. The number of rotatable bonds is 4. The van der Waals surface area contributed by atoms with Crippen molar-refractivity contribution in [1.29, 1.82) is 0 Å². The highest BCUT2D eigenvalue weighted by molar-refractivity contribution is 8.01. The van der Waals surface area contributed by atoms with Crippen molar-refractivity contribution in [3.05, 3.63) is 35.0 Å². The van der Waals surface area contributed by atoms with E-state index in [9.17, 15) is 4.79 Å². The first-order valence-electron chi connectivity index (χ1n) is 6.18. The van der Waals surface area contributed by atoms with Gasteiger partial charge >= 0.3 is 0 Å². The van der Waals surface area contributed by atoms with E-state index in [1.165, 1.54) is 34.2 Å². The second-order valence-electron chi connectivity index (χ2n) is 4.56. The van der Waals surface area contributed by atoms with Crippen molar-refractivity contribution in [2.45, 2.75) is 25.0 Å². The summed E-state index contributed by atoms with van der Waals surface area (Å²) >= 11 is 2.88. The molecule has 6 heteroatoms. The van der Waals surface area contributed by atoms with Crippen LogP contribution in [0.4, 0.5) is 10.8 Å². The number of nitrogen functional groups attached to an aromatic ring is 1. The van der Waals surface area contributed by atoms with Gasteiger partial charge in [-0.2, -0.15) is 0 Å². The van der Waals surface area contributed by atoms with Crippen LogP contribution in [0.1, 0.15) is 16.8 Å². The van der Waals surface area contributed by atoms with Gasteiger partial charge in [0.25, 0.3) is 0 Å². The minimum Gasteiger partial charge on any atom is -0.375 e. The highest BCUT2D eigenvalue weighted by Gasteiger charge is 2.09. The Morgan fingerprint density at radius 2 is 2.10 bits per heavy atom. The number of aromatic nitrogens is 1. The quantitative estimate of drug-likeness (QED) is 0.850. The molecule has 0 radical (unpaired) electrons. The number of nitrogens with one attached hydrogen (secondary N) is 1. The summed E-state index contributed by atoms with van der Waals surface area (Å²) in [5.41, 5.74) is 9.74. The van der Waals surface area contributed by atoms with Gasteiger partial charge in [0.15, 0.2) is 5.13 Å². The van der Waals surface area contributed by atoms with Crippen molar-refractivity contribution in [2.24, 2.45) is 0 Å². The summed E-state index contributed by atoms with van der Waals surface area (Å²) in [6.07, 6.45) is 0. The van der Waals surface area contributed by atoms with Gasteiger partial charge in [-0.3, -0.25) is 4.79 Å². The number of thioether (sulfide) groups is 1. The summed E-state index contributed by atoms with van der Waals surface area (Å²) < 4.78 is 0.998. The van der Waals surface area contributed by atoms with Gasteiger partial charge in [-0.05, 0) is 44.0 Å². The summed E-state index contributed by atoms with van der Waals surface area (Å²) in [5.74, 6) is 0.333. The fraction of sp³-hybridized carbons (Fsp3) is 0.286. The van der Waals surface area contributed by atoms with E-state index in [0.717, 1.165) is 15.6 Å². The highest BCUT2D eigenvalue weighted by atomic mass is 32.2. The lowest BCUT2D eigenvalue weighted by Crippen LogP contribution is -2.14. The Morgan fingerprint density at radius 3 is 2.70 bits per heavy atom. The van der Waals surface area contributed by atoms with Crippen LogP contribution in [-0.2, 0) is 4.79 Å². The zero-order chi connectivity index (χ0) is 14.7. The maximum atomic E-state index is 11.9. The summed E-state index contributed by atoms with van der Waals surface area (Å²) in [6, 6.07) is 5.90. The van der Waals surface area contributed by atoms with Gasteiger partial charge in [-0.25, -0.2) is 4.98 Å². The minimum absolute atomic E-state index is 0.0235. The van der Waals surface area contributed by atoms with Crippen molar-refractivity contribution in [3.63, 3.8) is 0 Å². The Bertz CT molecular complexity index is 637. The average Bonchev–Trinajstić information content (AvgIpc) is 2.70. The van der Waals surface area contributed by atoms with Crippen LogP contribution in [0.3, 0.4) is 0 Å². The molecule has 0 fully saturated rings. The third kappa shape index (κ3) is 3.74. The fourth-order valence-electron chi connectivity index (χ4n) is 1.68. The van der Waals surface area contributed by atoms with Gasteiger partial charge in [0.1, 0.15) is 0 Å². The number of aryl methyl sites for hydroxylation is 3. The van der Waals surface area contributed by atoms with Gasteiger partial charge in [-0.15, -0.1) is 11.8 Å². The zero-order valence-corrected chi connectivity index (χ0v) is 13.3. The first-order valence-corrected chi connectivity index (χ1v) is 7.98. The van der Waals surface area contributed by atoms with Crippen LogP contribution < -0.4 is 11.1 Å². The molecule has 0 aliphatic rings. The third-order valence-corrected chi connectivity index (χ3v) is 5.24. The molecule has 1 aromatic heterocycles. The number of nitrogens with two attached hydrogens (primary N) is 1. The zero-order valence-electron chi connectivity index (χ0n) is 11.7. The van der Waals surface area contributed by atoms with E-state index < -0.39 is 0 Å². The van der Waals surface area contributed by atoms with Gasteiger partial charge in [0, 0.05) is 5.69 Å². The fourth-order valence-corrected chi connectivity index (χ4v) is 3.51. The van der Waals surface area contributed by atoms with Crippen LogP contribution >= 0.6 is 23.1 Å². The number of hydrogen-bond donors (Lipinski definition) is 2. The van der Waals surface area contributed by atoms with E-state index >= 15 is 0 Å². The molecule has 0 aliphatic heterocycles. The maximum Gasteiger partial charge on any atom is 0.234 e. The molecule has 20 heavy (non-hydrogen) atoms. The smallest absolute Gasteiger partial charge is 0.234 e. The van der Waals surface area contributed by atoms with E-state index in [1.807, 2.05) is 39.0 Å². The topological polar surface area (TPSA) is 68.0 Å². The lowest BCUT2D eigenvalue weighted by atomic mass is 10.1. The lowest BCUT2D eigenvalue weighted by molar-refractivity contribution is -0.113. The Labute approximate surface area is 126 Å². The van der Waals surface area contributed by atoms with Crippen molar-refractivity contribution < 1.29 is 4.79 Å². The molecular formula is C14H17N3OS2. The van der Waals surface area contributed by atoms with Gasteiger partial charge in [-0.1, -0.05) is 17.4 Å². The molecule has 0 bridgehead atoms. The molecule has 1 heterocycles. The Balaban J connectivity index is 1.92. The number of carbonyl (C=O) groups excluding carboxylic acids is 1. The standard InChI is InChI=1S/C14H17N3OS2/c1-8-4-5-11(6-9(8)2)17-12(18)7-19-13-10(3)16-14(15)20-13/h4-6H,7H2,1-3H3,(H2,15,16)(H,17,18). The predicted octanol–water partition coefficient (Wildman–Crippen LogP) is 3.38. The normalized spacial score (nSPS) is 10.6. The van der Waals surface area contributed by atoms with Gasteiger partial charge < -0.3 is 11.1 Å². The van der Waals surface area contributed by atoms with E-state index in [0.29, 0.717) is 10.9 Å². The van der Waals surface area contributed by atoms with Crippen molar-refractivity contribution in [3.8, 4) is 0 Å². The average molecular weight is 307 g/mol. The molecule has 1 aromatic carbocycles. The first kappa shape index (κ1) is 14.9. The highest BCUT2D eigenvalue weighted by Crippen LogP contribution is 2.30. The van der Waals surface area contributed by atoms with Crippen molar-refractivity contribution in [2.75, 3.05) is 16.8 Å². The third-order valence-electron chi connectivity index (χ3n) is 2.90. The number of carbonyl (C=O) groups is 1. The molecule has 4 nitrogen and oxygen atoms in total. The van der Waals surface area contributed by atoms with Gasteiger partial charge in [0.2, 0.25) is 5.91 Å². The summed E-state index contributed by atoms with van der Waals surface area (Å²) in [4.78, 5) is 16.1. The largest absolute Gasteiger partial charge is 0.375 e. The second-order valence-corrected chi connectivity index (χ2v) is 6.84. The monoisotopic (exact) mass is 307 g/mol. The van der Waals surface area contributed by atoms with E-state index in [4.69, 9.17) is 5.73 Å². The number of benzene rings is 1. The number of hydrogen-bond acceptors (Lipinski definition) is 5. The van der Waals surface area contributed by atoms with Crippen molar-refractivity contribution >= 4 is 39.8 Å². The molecule has 0 saturated heterocycles. The summed E-state index contributed by atoms with van der Waals surface area (Å²) in [5, 5.41) is 3.44. The molecule has 0 unspecified atom stereocenters. The van der Waals surface area contributed by atoms with Crippen LogP contribution in [0, 0.1) is 20.8 Å². The SMILES string of the molecule is Cc1ccc(NC(=O)CSc2sc(N)nc2C)cc1C. The second kappa shape index (κ2) is 6.28. The van der Waals surface area contributed by atoms with Crippen LogP contribution in [0.15, 0.2) is 22.4 Å². The summed E-state index contributed by atoms with van der Waals surface area (Å²) in [7, 11) is 0. The lowest BCUT2D eigenvalue weighted by Gasteiger charge is -2.07. The number of thiazole rings is 1. The molecule has 0 atom stereocenters. The summed E-state index contributed by atoms with van der Waals surface area (Å²) in [6.45, 7) is 5.98. The van der Waals surface area contributed by atoms with Crippen LogP contribution in [0.25, 0.3) is 0 Å². The molecule has 0 aliphatic carbocycles. The number of amides is 1. The molecule has 2 rings (SSSR count).